The highest BCUT2D eigenvalue weighted by atomic mass is 79.9. The molecule has 0 aliphatic heterocycles. The zero-order valence-corrected chi connectivity index (χ0v) is 12.4. The number of halogens is 1. The van der Waals surface area contributed by atoms with Gasteiger partial charge in [-0.3, -0.25) is 0 Å². The van der Waals surface area contributed by atoms with Gasteiger partial charge in [0.2, 0.25) is 0 Å². The molecular formula is C15H20BrNO. The quantitative estimate of drug-likeness (QED) is 0.902. The van der Waals surface area contributed by atoms with E-state index in [-0.39, 0.29) is 5.54 Å². The van der Waals surface area contributed by atoms with Gasteiger partial charge in [-0.25, -0.2) is 0 Å². The first-order valence-electron chi connectivity index (χ1n) is 6.76. The van der Waals surface area contributed by atoms with Gasteiger partial charge < -0.3 is 10.5 Å². The van der Waals surface area contributed by atoms with Crippen molar-refractivity contribution in [2.24, 2.45) is 11.7 Å². The van der Waals surface area contributed by atoms with Crippen LogP contribution in [0.4, 0.5) is 0 Å². The first-order valence-corrected chi connectivity index (χ1v) is 7.56. The van der Waals surface area contributed by atoms with Gasteiger partial charge in [0.1, 0.15) is 5.75 Å². The van der Waals surface area contributed by atoms with Crippen molar-refractivity contribution in [1.29, 1.82) is 0 Å². The molecule has 2 saturated carbocycles. The molecule has 0 amide bonds. The second kappa shape index (κ2) is 4.53. The molecule has 3 rings (SSSR count). The van der Waals surface area contributed by atoms with E-state index in [1.165, 1.54) is 24.0 Å². The van der Waals surface area contributed by atoms with Crippen LogP contribution in [-0.4, -0.2) is 12.1 Å². The Morgan fingerprint density at radius 2 is 2.11 bits per heavy atom. The van der Waals surface area contributed by atoms with Crippen LogP contribution in [-0.2, 0) is 6.42 Å². The molecule has 98 valence electrons. The molecule has 0 spiro atoms. The number of nitrogens with two attached hydrogens (primary N) is 1. The highest BCUT2D eigenvalue weighted by Gasteiger charge is 2.39. The van der Waals surface area contributed by atoms with Crippen LogP contribution in [0.25, 0.3) is 0 Å². The Kier molecular flexibility index (Phi) is 3.15. The van der Waals surface area contributed by atoms with Gasteiger partial charge in [0.05, 0.1) is 11.1 Å². The van der Waals surface area contributed by atoms with Crippen molar-refractivity contribution in [2.45, 2.75) is 44.6 Å². The van der Waals surface area contributed by atoms with Crippen molar-refractivity contribution in [3.05, 3.63) is 27.7 Å². The monoisotopic (exact) mass is 309 g/mol. The van der Waals surface area contributed by atoms with Crippen molar-refractivity contribution in [3.63, 3.8) is 0 Å². The third-order valence-electron chi connectivity index (χ3n) is 3.86. The third-order valence-corrected chi connectivity index (χ3v) is 4.45. The summed E-state index contributed by atoms with van der Waals surface area (Å²) in [6.07, 6.45) is 5.85. The van der Waals surface area contributed by atoms with Crippen molar-refractivity contribution in [2.75, 3.05) is 6.61 Å². The van der Waals surface area contributed by atoms with E-state index in [9.17, 15) is 0 Å². The fourth-order valence-corrected chi connectivity index (χ4v) is 3.03. The normalized spacial score (nSPS) is 20.8. The standard InChI is InChI=1S/C15H20BrNO/c1-10-6-12(8-15(17)4-5-15)14(13(16)7-10)18-9-11-2-3-11/h6-7,11H,2-5,8-9,17H2,1H3. The number of ether oxygens (including phenoxy) is 1. The zero-order valence-electron chi connectivity index (χ0n) is 10.8. The third kappa shape index (κ3) is 2.89. The van der Waals surface area contributed by atoms with E-state index >= 15 is 0 Å². The lowest BCUT2D eigenvalue weighted by atomic mass is 10.0. The van der Waals surface area contributed by atoms with Crippen LogP contribution in [0.1, 0.15) is 36.8 Å². The summed E-state index contributed by atoms with van der Waals surface area (Å²) in [5.41, 5.74) is 8.81. The number of hydrogen-bond donors (Lipinski definition) is 1. The number of aryl methyl sites for hydroxylation is 1. The summed E-state index contributed by atoms with van der Waals surface area (Å²) in [5, 5.41) is 0. The minimum absolute atomic E-state index is 0.0327. The lowest BCUT2D eigenvalue weighted by molar-refractivity contribution is 0.294. The lowest BCUT2D eigenvalue weighted by Gasteiger charge is -2.17. The molecule has 0 saturated heterocycles. The maximum atomic E-state index is 6.25. The Balaban J connectivity index is 1.82. The topological polar surface area (TPSA) is 35.2 Å². The summed E-state index contributed by atoms with van der Waals surface area (Å²) in [6.45, 7) is 2.97. The summed E-state index contributed by atoms with van der Waals surface area (Å²) in [6, 6.07) is 4.35. The first kappa shape index (κ1) is 12.5. The number of benzene rings is 1. The predicted octanol–water partition coefficient (Wildman–Crippen LogP) is 3.58. The van der Waals surface area contributed by atoms with Crippen LogP contribution in [0.3, 0.4) is 0 Å². The number of hydrogen-bond acceptors (Lipinski definition) is 2. The van der Waals surface area contributed by atoms with Gasteiger partial charge in [-0.2, -0.15) is 0 Å². The fourth-order valence-electron chi connectivity index (χ4n) is 2.30. The smallest absolute Gasteiger partial charge is 0.136 e. The van der Waals surface area contributed by atoms with Gasteiger partial charge in [-0.15, -0.1) is 0 Å². The zero-order chi connectivity index (χ0) is 12.8. The highest BCUT2D eigenvalue weighted by molar-refractivity contribution is 9.10. The molecule has 2 nitrogen and oxygen atoms in total. The Labute approximate surface area is 117 Å². The molecule has 2 fully saturated rings. The van der Waals surface area contributed by atoms with Gasteiger partial charge in [0.15, 0.2) is 0 Å². The molecule has 0 unspecified atom stereocenters. The van der Waals surface area contributed by atoms with Crippen LogP contribution >= 0.6 is 15.9 Å². The maximum Gasteiger partial charge on any atom is 0.136 e. The van der Waals surface area contributed by atoms with Gasteiger partial charge >= 0.3 is 0 Å². The highest BCUT2D eigenvalue weighted by Crippen LogP contribution is 2.41. The second-order valence-corrected chi connectivity index (χ2v) is 6.88. The molecule has 0 aromatic heterocycles. The van der Waals surface area contributed by atoms with Crippen LogP contribution in [0.15, 0.2) is 16.6 Å². The van der Waals surface area contributed by atoms with Gasteiger partial charge in [0, 0.05) is 5.54 Å². The molecule has 0 bridgehead atoms. The molecule has 3 heteroatoms. The van der Waals surface area contributed by atoms with Crippen molar-refractivity contribution in [1.82, 2.24) is 0 Å². The lowest BCUT2D eigenvalue weighted by Crippen LogP contribution is -2.25. The average Bonchev–Trinajstić information content (AvgIpc) is 3.16. The maximum absolute atomic E-state index is 6.25. The van der Waals surface area contributed by atoms with E-state index in [2.05, 4.69) is 35.0 Å². The second-order valence-electron chi connectivity index (χ2n) is 6.03. The first-order chi connectivity index (χ1) is 8.56. The van der Waals surface area contributed by atoms with Gasteiger partial charge in [-0.05, 0) is 78.1 Å². The summed E-state index contributed by atoms with van der Waals surface area (Å²) >= 11 is 3.63. The van der Waals surface area contributed by atoms with Crippen LogP contribution in [0.2, 0.25) is 0 Å². The Morgan fingerprint density at radius 1 is 1.39 bits per heavy atom. The molecule has 2 aliphatic carbocycles. The average molecular weight is 310 g/mol. The molecule has 2 N–H and O–H groups in total. The Hall–Kier alpha value is -0.540. The van der Waals surface area contributed by atoms with Crippen molar-refractivity contribution < 1.29 is 4.74 Å². The molecule has 2 aliphatic rings. The molecular weight excluding hydrogens is 290 g/mol. The van der Waals surface area contributed by atoms with E-state index in [1.54, 1.807) is 0 Å². The van der Waals surface area contributed by atoms with E-state index in [1.807, 2.05) is 0 Å². The number of rotatable bonds is 5. The SMILES string of the molecule is Cc1cc(Br)c(OCC2CC2)c(CC2(N)CC2)c1. The summed E-state index contributed by atoms with van der Waals surface area (Å²) in [4.78, 5) is 0. The van der Waals surface area contributed by atoms with E-state index in [0.29, 0.717) is 0 Å². The molecule has 0 heterocycles. The molecule has 1 aromatic rings. The molecule has 0 atom stereocenters. The van der Waals surface area contributed by atoms with Crippen molar-refractivity contribution in [3.8, 4) is 5.75 Å². The predicted molar refractivity (Wildman–Crippen MR) is 77.0 cm³/mol. The van der Waals surface area contributed by atoms with Gasteiger partial charge in [0.25, 0.3) is 0 Å². The molecule has 18 heavy (non-hydrogen) atoms. The fraction of sp³-hybridized carbons (Fsp3) is 0.600. The summed E-state index contributed by atoms with van der Waals surface area (Å²) in [7, 11) is 0. The summed E-state index contributed by atoms with van der Waals surface area (Å²) < 4.78 is 7.09. The minimum atomic E-state index is 0.0327. The Morgan fingerprint density at radius 3 is 2.72 bits per heavy atom. The Bertz CT molecular complexity index is 464. The minimum Gasteiger partial charge on any atom is -0.492 e. The largest absolute Gasteiger partial charge is 0.492 e. The van der Waals surface area contributed by atoms with Crippen LogP contribution in [0, 0.1) is 12.8 Å². The van der Waals surface area contributed by atoms with Crippen LogP contribution in [0.5, 0.6) is 5.75 Å². The molecule has 1 aromatic carbocycles. The van der Waals surface area contributed by atoms with Crippen LogP contribution < -0.4 is 10.5 Å². The van der Waals surface area contributed by atoms with Gasteiger partial charge in [-0.1, -0.05) is 6.07 Å². The van der Waals surface area contributed by atoms with E-state index < -0.39 is 0 Å². The van der Waals surface area contributed by atoms with E-state index in [4.69, 9.17) is 10.5 Å². The molecule has 0 radical (unpaired) electrons. The van der Waals surface area contributed by atoms with E-state index in [0.717, 1.165) is 42.0 Å². The van der Waals surface area contributed by atoms with Crippen molar-refractivity contribution >= 4 is 15.9 Å². The summed E-state index contributed by atoms with van der Waals surface area (Å²) in [5.74, 6) is 1.79.